The molecule has 1 atom stereocenters. The van der Waals surface area contributed by atoms with Gasteiger partial charge in [-0.1, -0.05) is 120 Å². The lowest BCUT2D eigenvalue weighted by Gasteiger charge is -2.30. The van der Waals surface area contributed by atoms with Gasteiger partial charge < -0.3 is 9.47 Å². The average Bonchev–Trinajstić information content (AvgIpc) is 3.70. The van der Waals surface area contributed by atoms with Crippen molar-refractivity contribution in [2.45, 2.75) is 26.3 Å². The first kappa shape index (κ1) is 30.4. The van der Waals surface area contributed by atoms with Crippen molar-refractivity contribution in [3.63, 3.8) is 0 Å². The first-order valence-electron chi connectivity index (χ1n) is 18.3. The summed E-state index contributed by atoms with van der Waals surface area (Å²) >= 11 is 0. The first-order chi connectivity index (χ1) is 25.6. The minimum atomic E-state index is 0.247. The van der Waals surface area contributed by atoms with Gasteiger partial charge in [0.25, 0.3) is 0 Å². The number of benzene rings is 7. The predicted octanol–water partition coefficient (Wildman–Crippen LogP) is 13.1. The number of anilines is 2. The Morgan fingerprint density at radius 2 is 1.08 bits per heavy atom. The quantitative estimate of drug-likeness (QED) is 0.177. The summed E-state index contributed by atoms with van der Waals surface area (Å²) in [6.07, 6.45) is 5.86. The van der Waals surface area contributed by atoms with E-state index in [0.717, 1.165) is 6.42 Å². The molecule has 0 amide bonds. The van der Waals surface area contributed by atoms with Crippen molar-refractivity contribution in [3.05, 3.63) is 198 Å². The van der Waals surface area contributed by atoms with Gasteiger partial charge in [-0.05, 0) is 126 Å². The third kappa shape index (κ3) is 5.02. The summed E-state index contributed by atoms with van der Waals surface area (Å²) in [5, 5.41) is 2.57. The molecule has 0 radical (unpaired) electrons. The largest absolute Gasteiger partial charge is 0.333 e. The highest BCUT2D eigenvalue weighted by Crippen LogP contribution is 2.50. The van der Waals surface area contributed by atoms with E-state index in [2.05, 4.69) is 199 Å². The van der Waals surface area contributed by atoms with Gasteiger partial charge >= 0.3 is 0 Å². The predicted molar refractivity (Wildman–Crippen MR) is 221 cm³/mol. The zero-order chi connectivity index (χ0) is 34.8. The van der Waals surface area contributed by atoms with Gasteiger partial charge in [-0.25, -0.2) is 0 Å². The van der Waals surface area contributed by atoms with Gasteiger partial charge in [-0.15, -0.1) is 0 Å². The fourth-order valence-electron chi connectivity index (χ4n) is 8.49. The van der Waals surface area contributed by atoms with Crippen LogP contribution in [-0.2, 0) is 0 Å². The standard InChI is InChI=1S/C50H38N2/c1-33-19-23-47-43(27-33)45-31-39(21-25-49(45)51(47)41-17-9-15-37(29-41)35-11-5-3-6-12-35)40-22-26-50-46(32-40)44-28-34(2)20-24-48(44)52(50)42-18-10-16-38(30-42)36-13-7-4-8-14-36/h3-25,27-32,50H,26H2,1-2H3. The molecule has 2 heteroatoms. The SMILES string of the molecule is Cc1ccc2c(c1)C1=CC(c3ccc4c(c3)c3cc(C)ccc3n4-c3cccc(-c4ccccc4)c3)=CCC1N2c1cccc(-c2ccccc2)c1. The monoisotopic (exact) mass is 666 g/mol. The van der Waals surface area contributed by atoms with Crippen LogP contribution in [0.5, 0.6) is 0 Å². The maximum atomic E-state index is 2.56. The van der Waals surface area contributed by atoms with E-state index in [0.29, 0.717) is 0 Å². The van der Waals surface area contributed by atoms with E-state index in [1.165, 1.54) is 94.5 Å². The molecule has 0 saturated heterocycles. The highest BCUT2D eigenvalue weighted by molar-refractivity contribution is 6.11. The Kier molecular flexibility index (Phi) is 7.11. The third-order valence-corrected chi connectivity index (χ3v) is 11.0. The molecule has 248 valence electrons. The van der Waals surface area contributed by atoms with Gasteiger partial charge in [0.05, 0.1) is 17.1 Å². The lowest BCUT2D eigenvalue weighted by atomic mass is 9.88. The number of nitrogens with zero attached hydrogens (tertiary/aromatic N) is 2. The summed E-state index contributed by atoms with van der Waals surface area (Å²) in [6, 6.07) is 60.4. The highest BCUT2D eigenvalue weighted by atomic mass is 15.2. The molecule has 0 spiro atoms. The maximum Gasteiger partial charge on any atom is 0.0633 e. The van der Waals surface area contributed by atoms with Gasteiger partial charge in [0, 0.05) is 33.4 Å². The Bertz CT molecular complexity index is 2730. The summed E-state index contributed by atoms with van der Waals surface area (Å²) in [5.74, 6) is 0. The van der Waals surface area contributed by atoms with Crippen molar-refractivity contribution in [2.75, 3.05) is 4.90 Å². The second-order valence-electron chi connectivity index (χ2n) is 14.3. The first-order valence-corrected chi connectivity index (χ1v) is 18.3. The molecule has 2 aliphatic rings. The maximum absolute atomic E-state index is 2.56. The van der Waals surface area contributed by atoms with Crippen molar-refractivity contribution in [1.82, 2.24) is 4.57 Å². The molecule has 1 aliphatic heterocycles. The zero-order valence-corrected chi connectivity index (χ0v) is 29.4. The van der Waals surface area contributed by atoms with Gasteiger partial charge in [0.15, 0.2) is 0 Å². The molecule has 1 unspecified atom stereocenters. The minimum absolute atomic E-state index is 0.247. The highest BCUT2D eigenvalue weighted by Gasteiger charge is 2.36. The topological polar surface area (TPSA) is 8.17 Å². The number of aromatic nitrogens is 1. The van der Waals surface area contributed by atoms with Crippen LogP contribution in [0.15, 0.2) is 176 Å². The van der Waals surface area contributed by atoms with Crippen LogP contribution in [0, 0.1) is 13.8 Å². The molecule has 1 aromatic heterocycles. The number of allylic oxidation sites excluding steroid dienone is 2. The van der Waals surface area contributed by atoms with Crippen LogP contribution in [0.25, 0.3) is 60.9 Å². The van der Waals surface area contributed by atoms with E-state index in [1.54, 1.807) is 0 Å². The van der Waals surface area contributed by atoms with E-state index in [9.17, 15) is 0 Å². The summed E-state index contributed by atoms with van der Waals surface area (Å²) in [5.41, 5.74) is 18.9. The Hall–Kier alpha value is -6.38. The van der Waals surface area contributed by atoms with Gasteiger partial charge in [0.2, 0.25) is 0 Å². The lowest BCUT2D eigenvalue weighted by molar-refractivity contribution is 0.831. The van der Waals surface area contributed by atoms with E-state index in [4.69, 9.17) is 0 Å². The number of aryl methyl sites for hydroxylation is 2. The third-order valence-electron chi connectivity index (χ3n) is 11.0. The van der Waals surface area contributed by atoms with Crippen LogP contribution in [0.3, 0.4) is 0 Å². The normalized spacial score (nSPS) is 15.0. The Morgan fingerprint density at radius 1 is 0.481 bits per heavy atom. The van der Waals surface area contributed by atoms with Crippen LogP contribution in [0.1, 0.15) is 28.7 Å². The van der Waals surface area contributed by atoms with E-state index in [1.807, 2.05) is 0 Å². The smallest absolute Gasteiger partial charge is 0.0633 e. The second kappa shape index (κ2) is 12.1. The molecule has 8 aromatic rings. The Labute approximate surface area is 305 Å². The molecule has 1 aliphatic carbocycles. The molecule has 2 nitrogen and oxygen atoms in total. The molecule has 7 aromatic carbocycles. The summed E-state index contributed by atoms with van der Waals surface area (Å²) in [7, 11) is 0. The van der Waals surface area contributed by atoms with Crippen LogP contribution in [0.2, 0.25) is 0 Å². The molecular formula is C50H38N2. The minimum Gasteiger partial charge on any atom is -0.333 e. The summed E-state index contributed by atoms with van der Waals surface area (Å²) in [4.78, 5) is 2.56. The summed E-state index contributed by atoms with van der Waals surface area (Å²) in [6.45, 7) is 4.40. The van der Waals surface area contributed by atoms with Gasteiger partial charge in [-0.3, -0.25) is 0 Å². The fraction of sp³-hybridized carbons (Fsp3) is 0.0800. The van der Waals surface area contributed by atoms with Crippen molar-refractivity contribution in [2.24, 2.45) is 0 Å². The van der Waals surface area contributed by atoms with Crippen LogP contribution in [0.4, 0.5) is 11.4 Å². The number of fused-ring (bicyclic) bond motifs is 6. The van der Waals surface area contributed by atoms with Gasteiger partial charge in [0.1, 0.15) is 0 Å². The van der Waals surface area contributed by atoms with Crippen molar-refractivity contribution >= 4 is 44.3 Å². The fourth-order valence-corrected chi connectivity index (χ4v) is 8.49. The Balaban J connectivity index is 1.07. The molecular weight excluding hydrogens is 629 g/mol. The summed E-state index contributed by atoms with van der Waals surface area (Å²) < 4.78 is 2.43. The number of hydrogen-bond donors (Lipinski definition) is 0. The van der Waals surface area contributed by atoms with Crippen molar-refractivity contribution in [1.29, 1.82) is 0 Å². The van der Waals surface area contributed by atoms with Crippen LogP contribution in [-0.4, -0.2) is 10.6 Å². The average molecular weight is 667 g/mol. The molecule has 0 fully saturated rings. The van der Waals surface area contributed by atoms with Crippen molar-refractivity contribution < 1.29 is 0 Å². The van der Waals surface area contributed by atoms with Crippen LogP contribution < -0.4 is 4.90 Å². The molecule has 52 heavy (non-hydrogen) atoms. The van der Waals surface area contributed by atoms with E-state index >= 15 is 0 Å². The zero-order valence-electron chi connectivity index (χ0n) is 29.4. The molecule has 10 rings (SSSR count). The molecule has 0 saturated carbocycles. The van der Waals surface area contributed by atoms with Crippen LogP contribution >= 0.6 is 0 Å². The lowest BCUT2D eigenvalue weighted by Crippen LogP contribution is -2.27. The second-order valence-corrected chi connectivity index (χ2v) is 14.3. The van der Waals surface area contributed by atoms with E-state index < -0.39 is 0 Å². The number of hydrogen-bond acceptors (Lipinski definition) is 1. The molecule has 0 bridgehead atoms. The number of rotatable bonds is 5. The molecule has 2 heterocycles. The van der Waals surface area contributed by atoms with E-state index in [-0.39, 0.29) is 6.04 Å². The Morgan fingerprint density at radius 3 is 1.81 bits per heavy atom. The molecule has 0 N–H and O–H groups in total. The van der Waals surface area contributed by atoms with Crippen molar-refractivity contribution in [3.8, 4) is 27.9 Å². The van der Waals surface area contributed by atoms with Gasteiger partial charge in [-0.2, -0.15) is 0 Å².